The van der Waals surface area contributed by atoms with Crippen molar-refractivity contribution in [2.75, 3.05) is 40.9 Å². The van der Waals surface area contributed by atoms with Crippen LogP contribution >= 0.6 is 7.82 Å². The van der Waals surface area contributed by atoms with Gasteiger partial charge in [-0.25, -0.2) is 4.57 Å². The first-order valence-corrected chi connectivity index (χ1v) is 36.2. The third kappa shape index (κ3) is 60.9. The minimum Gasteiger partial charge on any atom is -0.456 e. The fourth-order valence-electron chi connectivity index (χ4n) is 10.5. The van der Waals surface area contributed by atoms with E-state index in [0.717, 1.165) is 57.8 Å². The van der Waals surface area contributed by atoms with Crippen molar-refractivity contribution in [3.8, 4) is 0 Å². The van der Waals surface area contributed by atoms with E-state index in [2.05, 4.69) is 38.2 Å². The number of amides is 1. The van der Waals surface area contributed by atoms with Crippen molar-refractivity contribution in [1.82, 2.24) is 5.32 Å². The van der Waals surface area contributed by atoms with Crippen molar-refractivity contribution in [2.24, 2.45) is 0 Å². The molecule has 0 fully saturated rings. The summed E-state index contributed by atoms with van der Waals surface area (Å²) < 4.78 is 30.8. The first-order chi connectivity index (χ1) is 38.4. The molecular formula is C69H136N2O7P+. The number of allylic oxidation sites excluding steroid dienone is 3. The van der Waals surface area contributed by atoms with E-state index in [0.29, 0.717) is 23.9 Å². The van der Waals surface area contributed by atoms with Gasteiger partial charge in [0.25, 0.3) is 0 Å². The van der Waals surface area contributed by atoms with E-state index in [1.807, 2.05) is 33.3 Å². The molecule has 10 heteroatoms. The highest BCUT2D eigenvalue weighted by atomic mass is 31.2. The Morgan fingerprint density at radius 1 is 0.430 bits per heavy atom. The van der Waals surface area contributed by atoms with Crippen LogP contribution in [0.25, 0.3) is 0 Å². The van der Waals surface area contributed by atoms with Gasteiger partial charge in [-0.2, -0.15) is 0 Å². The van der Waals surface area contributed by atoms with Crippen LogP contribution in [0.5, 0.6) is 0 Å². The number of esters is 1. The molecule has 3 atom stereocenters. The molecule has 0 radical (unpaired) electrons. The fourth-order valence-corrected chi connectivity index (χ4v) is 11.3. The molecule has 79 heavy (non-hydrogen) atoms. The van der Waals surface area contributed by atoms with Gasteiger partial charge in [0.05, 0.1) is 33.8 Å². The molecule has 0 aliphatic heterocycles. The Kier molecular flexibility index (Phi) is 58.5. The maximum Gasteiger partial charge on any atom is 0.472 e. The molecule has 0 aliphatic rings. The maximum atomic E-state index is 13.6. The lowest BCUT2D eigenvalue weighted by atomic mass is 10.0. The molecule has 0 aromatic carbocycles. The Morgan fingerprint density at radius 3 is 1.08 bits per heavy atom. The van der Waals surface area contributed by atoms with Crippen LogP contribution in [0.2, 0.25) is 0 Å². The number of hydrogen-bond donors (Lipinski definition) is 2. The van der Waals surface area contributed by atoms with Crippen LogP contribution in [-0.4, -0.2) is 74.3 Å². The van der Waals surface area contributed by atoms with Gasteiger partial charge in [0.1, 0.15) is 19.3 Å². The highest BCUT2D eigenvalue weighted by Crippen LogP contribution is 2.43. The van der Waals surface area contributed by atoms with Crippen LogP contribution in [0.15, 0.2) is 24.3 Å². The van der Waals surface area contributed by atoms with Gasteiger partial charge in [0.15, 0.2) is 0 Å². The molecule has 0 aliphatic carbocycles. The van der Waals surface area contributed by atoms with Gasteiger partial charge < -0.3 is 19.4 Å². The van der Waals surface area contributed by atoms with E-state index < -0.39 is 20.0 Å². The van der Waals surface area contributed by atoms with E-state index >= 15 is 0 Å². The van der Waals surface area contributed by atoms with Gasteiger partial charge in [-0.15, -0.1) is 0 Å². The zero-order valence-corrected chi connectivity index (χ0v) is 54.5. The third-order valence-electron chi connectivity index (χ3n) is 15.9. The van der Waals surface area contributed by atoms with Gasteiger partial charge in [-0.1, -0.05) is 309 Å². The van der Waals surface area contributed by atoms with Gasteiger partial charge >= 0.3 is 13.8 Å². The van der Waals surface area contributed by atoms with Gasteiger partial charge in [-0.05, 0) is 57.4 Å². The van der Waals surface area contributed by atoms with E-state index in [1.165, 1.54) is 263 Å². The summed E-state index contributed by atoms with van der Waals surface area (Å²) in [6, 6.07) is -0.842. The maximum absolute atomic E-state index is 13.6. The molecule has 3 unspecified atom stereocenters. The minimum atomic E-state index is -4.44. The molecule has 0 rings (SSSR count). The number of hydrogen-bond acceptors (Lipinski definition) is 6. The topological polar surface area (TPSA) is 111 Å². The molecule has 0 aromatic heterocycles. The Labute approximate surface area is 492 Å². The number of ether oxygens (including phenoxy) is 1. The Hall–Kier alpha value is -1.51. The molecule has 0 heterocycles. The summed E-state index contributed by atoms with van der Waals surface area (Å²) in [6.07, 6.45) is 71.9. The molecule has 0 spiro atoms. The number of likely N-dealkylation sites (N-methyl/N-ethyl adjacent to an activating group) is 1. The molecular weight excluding hydrogens is 1000 g/mol. The molecule has 9 nitrogen and oxygen atoms in total. The number of nitrogens with zero attached hydrogens (tertiary/aromatic N) is 1. The summed E-state index contributed by atoms with van der Waals surface area (Å²) in [7, 11) is 1.52. The van der Waals surface area contributed by atoms with Crippen molar-refractivity contribution < 1.29 is 37.3 Å². The second-order valence-electron chi connectivity index (χ2n) is 25.1. The standard InChI is InChI=1S/C69H135N2O7P/c1-7-10-13-16-19-22-25-27-29-31-33-34-35-36-38-40-42-44-47-50-53-56-59-62-69(73)78-67(60-57-54-51-48-45-24-21-18-15-12-9-3)66(65-77-79(74,75)76-64-63-71(4,5)6)70-68(72)61-58-55-52-49-46-43-41-39-37-32-30-28-26-23-20-17-14-11-8-2/h27,29,57,60,66-67H,7-26,28,30-56,58-59,61-65H2,1-6H3,(H-,70,72,74,75)/p+1/b29-27+,60-57+. The average molecular weight is 1140 g/mol. The molecule has 0 saturated heterocycles. The number of nitrogens with one attached hydrogen (secondary N) is 1. The average Bonchev–Trinajstić information content (AvgIpc) is 3.41. The summed E-state index contributed by atoms with van der Waals surface area (Å²) in [5.41, 5.74) is 0. The lowest BCUT2D eigenvalue weighted by Crippen LogP contribution is -2.47. The molecule has 0 saturated carbocycles. The second-order valence-corrected chi connectivity index (χ2v) is 26.5. The molecule has 2 N–H and O–H groups in total. The smallest absolute Gasteiger partial charge is 0.456 e. The Balaban J connectivity index is 5.03. The van der Waals surface area contributed by atoms with E-state index in [1.54, 1.807) is 0 Å². The first kappa shape index (κ1) is 77.5. The van der Waals surface area contributed by atoms with Gasteiger partial charge in [0.2, 0.25) is 5.91 Å². The summed E-state index contributed by atoms with van der Waals surface area (Å²) in [4.78, 5) is 37.8. The quantitative estimate of drug-likeness (QED) is 0.0205. The SMILES string of the molecule is CCCCCCCC/C=C/CCCCCCCCCCCCCCCC(=O)OC(/C=C/CCCCCCCCCCC)C(COP(=O)(O)OCC[N+](C)(C)C)NC(=O)CCCCCCCCCCCCCCCCCCCCC. The molecule has 0 aromatic rings. The van der Waals surface area contributed by atoms with Gasteiger partial charge in [-0.3, -0.25) is 18.6 Å². The summed E-state index contributed by atoms with van der Waals surface area (Å²) >= 11 is 0. The molecule has 1 amide bonds. The third-order valence-corrected chi connectivity index (χ3v) is 16.9. The number of carbonyl (C=O) groups excluding carboxylic acids is 2. The highest BCUT2D eigenvalue weighted by molar-refractivity contribution is 7.47. The zero-order valence-electron chi connectivity index (χ0n) is 53.6. The van der Waals surface area contributed by atoms with E-state index in [4.69, 9.17) is 13.8 Å². The van der Waals surface area contributed by atoms with Crippen LogP contribution in [-0.2, 0) is 27.9 Å². The van der Waals surface area contributed by atoms with Crippen LogP contribution in [0, 0.1) is 0 Å². The Morgan fingerprint density at radius 2 is 0.734 bits per heavy atom. The van der Waals surface area contributed by atoms with E-state index in [-0.39, 0.29) is 25.1 Å². The molecule has 0 bridgehead atoms. The predicted octanol–water partition coefficient (Wildman–Crippen LogP) is 21.7. The van der Waals surface area contributed by atoms with Crippen LogP contribution in [0.4, 0.5) is 0 Å². The number of phosphoric acid groups is 1. The second kappa shape index (κ2) is 59.6. The largest absolute Gasteiger partial charge is 0.472 e. The monoisotopic (exact) mass is 1140 g/mol. The number of quaternary nitrogens is 1. The van der Waals surface area contributed by atoms with Crippen molar-refractivity contribution >= 4 is 19.7 Å². The van der Waals surface area contributed by atoms with Crippen molar-refractivity contribution in [1.29, 1.82) is 0 Å². The summed E-state index contributed by atoms with van der Waals surface area (Å²) in [5, 5.41) is 3.07. The number of carbonyl (C=O) groups is 2. The molecule has 468 valence electrons. The van der Waals surface area contributed by atoms with Gasteiger partial charge in [0, 0.05) is 12.8 Å². The predicted molar refractivity (Wildman–Crippen MR) is 342 cm³/mol. The number of unbranched alkanes of at least 4 members (excludes halogenated alkanes) is 46. The highest BCUT2D eigenvalue weighted by Gasteiger charge is 2.30. The minimum absolute atomic E-state index is 0.0444. The number of phosphoric ester groups is 1. The normalized spacial score (nSPS) is 13.7. The lowest BCUT2D eigenvalue weighted by Gasteiger charge is -2.27. The van der Waals surface area contributed by atoms with Crippen molar-refractivity contribution in [2.45, 2.75) is 367 Å². The zero-order chi connectivity index (χ0) is 57.9. The lowest BCUT2D eigenvalue weighted by molar-refractivity contribution is -0.870. The summed E-state index contributed by atoms with van der Waals surface area (Å²) in [6.45, 7) is 7.07. The van der Waals surface area contributed by atoms with Crippen LogP contribution in [0.1, 0.15) is 355 Å². The fraction of sp³-hybridized carbons (Fsp3) is 0.913. The van der Waals surface area contributed by atoms with Crippen LogP contribution in [0.3, 0.4) is 0 Å². The van der Waals surface area contributed by atoms with E-state index in [9.17, 15) is 19.0 Å². The van der Waals surface area contributed by atoms with Crippen LogP contribution < -0.4 is 5.32 Å². The Bertz CT molecular complexity index is 1400. The number of rotatable bonds is 64. The van der Waals surface area contributed by atoms with Crippen molar-refractivity contribution in [3.05, 3.63) is 24.3 Å². The summed E-state index contributed by atoms with van der Waals surface area (Å²) in [5.74, 6) is -0.484. The van der Waals surface area contributed by atoms with Crippen molar-refractivity contribution in [3.63, 3.8) is 0 Å². The first-order valence-electron chi connectivity index (χ1n) is 34.7.